The Labute approximate surface area is 104 Å². The summed E-state index contributed by atoms with van der Waals surface area (Å²) in [6.45, 7) is 1.91. The molecule has 1 heterocycles. The number of piperidine rings is 1. The summed E-state index contributed by atoms with van der Waals surface area (Å²) in [6.07, 6.45) is 9.30. The molecule has 0 spiro atoms. The lowest BCUT2D eigenvalue weighted by Gasteiger charge is -2.32. The van der Waals surface area contributed by atoms with E-state index in [9.17, 15) is 4.79 Å². The zero-order valence-electron chi connectivity index (χ0n) is 10.7. The molecule has 17 heavy (non-hydrogen) atoms. The molecule has 1 amide bonds. The Bertz CT molecular complexity index is 249. The first-order valence-electron chi connectivity index (χ1n) is 7.18. The minimum atomic E-state index is 0.229. The molecule has 0 aromatic heterocycles. The Morgan fingerprint density at radius 1 is 1.12 bits per heavy atom. The van der Waals surface area contributed by atoms with Gasteiger partial charge < -0.3 is 10.0 Å². The molecule has 1 saturated carbocycles. The maximum absolute atomic E-state index is 12.1. The molecular weight excluding hydrogens is 214 g/mol. The van der Waals surface area contributed by atoms with Crippen molar-refractivity contribution in [3.63, 3.8) is 0 Å². The van der Waals surface area contributed by atoms with Crippen molar-refractivity contribution in [3.8, 4) is 0 Å². The highest BCUT2D eigenvalue weighted by Gasteiger charge is 2.24. The fourth-order valence-electron chi connectivity index (χ4n) is 3.23. The van der Waals surface area contributed by atoms with E-state index in [0.717, 1.165) is 44.7 Å². The first kappa shape index (κ1) is 12.9. The normalized spacial score (nSPS) is 26.4. The Balaban J connectivity index is 1.71. The lowest BCUT2D eigenvalue weighted by atomic mass is 9.97. The monoisotopic (exact) mass is 239 g/mol. The van der Waals surface area contributed by atoms with Gasteiger partial charge in [0.2, 0.25) is 5.91 Å². The summed E-state index contributed by atoms with van der Waals surface area (Å²) >= 11 is 0. The Hall–Kier alpha value is -0.570. The number of aliphatic hydroxyl groups excluding tert-OH is 1. The van der Waals surface area contributed by atoms with E-state index >= 15 is 0 Å². The van der Waals surface area contributed by atoms with Crippen molar-refractivity contribution in [2.75, 3.05) is 19.7 Å². The molecule has 0 aromatic carbocycles. The summed E-state index contributed by atoms with van der Waals surface area (Å²) in [5, 5.41) is 9.16. The number of aliphatic hydroxyl groups is 1. The van der Waals surface area contributed by atoms with Crippen molar-refractivity contribution in [2.24, 2.45) is 11.8 Å². The van der Waals surface area contributed by atoms with Gasteiger partial charge in [-0.2, -0.15) is 0 Å². The summed E-state index contributed by atoms with van der Waals surface area (Å²) in [7, 11) is 0. The number of carbonyl (C=O) groups excluding carboxylic acids is 1. The summed E-state index contributed by atoms with van der Waals surface area (Å²) in [4.78, 5) is 14.0. The van der Waals surface area contributed by atoms with Gasteiger partial charge in [0.05, 0.1) is 0 Å². The van der Waals surface area contributed by atoms with Crippen LogP contribution in [0.25, 0.3) is 0 Å². The van der Waals surface area contributed by atoms with Crippen LogP contribution in [0.4, 0.5) is 0 Å². The van der Waals surface area contributed by atoms with Crippen molar-refractivity contribution in [1.29, 1.82) is 0 Å². The Morgan fingerprint density at radius 3 is 2.53 bits per heavy atom. The van der Waals surface area contributed by atoms with Gasteiger partial charge in [-0.25, -0.2) is 0 Å². The van der Waals surface area contributed by atoms with Gasteiger partial charge in [-0.05, 0) is 31.1 Å². The lowest BCUT2D eigenvalue weighted by Crippen LogP contribution is -2.40. The van der Waals surface area contributed by atoms with Gasteiger partial charge in [-0.3, -0.25) is 4.79 Å². The van der Waals surface area contributed by atoms with Crippen LogP contribution in [0.1, 0.15) is 51.4 Å². The molecule has 1 N–H and O–H groups in total. The quantitative estimate of drug-likeness (QED) is 0.817. The zero-order chi connectivity index (χ0) is 12.1. The molecule has 0 radical (unpaired) electrons. The van der Waals surface area contributed by atoms with E-state index in [0.29, 0.717) is 11.8 Å². The largest absolute Gasteiger partial charge is 0.396 e. The van der Waals surface area contributed by atoms with E-state index in [1.807, 2.05) is 4.90 Å². The summed E-state index contributed by atoms with van der Waals surface area (Å²) in [5.41, 5.74) is 0. The number of hydrogen-bond acceptors (Lipinski definition) is 2. The maximum atomic E-state index is 12.1. The lowest BCUT2D eigenvalue weighted by molar-refractivity contribution is -0.133. The summed E-state index contributed by atoms with van der Waals surface area (Å²) < 4.78 is 0. The topological polar surface area (TPSA) is 40.5 Å². The fraction of sp³-hybridized carbons (Fsp3) is 0.929. The van der Waals surface area contributed by atoms with Crippen LogP contribution in [0.15, 0.2) is 0 Å². The molecule has 2 rings (SSSR count). The molecule has 3 heteroatoms. The van der Waals surface area contributed by atoms with Gasteiger partial charge in [0, 0.05) is 26.1 Å². The van der Waals surface area contributed by atoms with Crippen molar-refractivity contribution >= 4 is 5.91 Å². The van der Waals surface area contributed by atoms with E-state index in [1.54, 1.807) is 0 Å². The van der Waals surface area contributed by atoms with E-state index in [-0.39, 0.29) is 6.61 Å². The third kappa shape index (κ3) is 3.70. The van der Waals surface area contributed by atoms with Crippen molar-refractivity contribution in [1.82, 2.24) is 4.90 Å². The van der Waals surface area contributed by atoms with E-state index in [2.05, 4.69) is 0 Å². The number of amides is 1. The molecule has 1 atom stereocenters. The molecule has 2 aliphatic rings. The average Bonchev–Trinajstić information content (AvgIpc) is 2.89. The van der Waals surface area contributed by atoms with Gasteiger partial charge in [0.15, 0.2) is 0 Å². The molecule has 3 nitrogen and oxygen atoms in total. The van der Waals surface area contributed by atoms with Crippen molar-refractivity contribution < 1.29 is 9.90 Å². The van der Waals surface area contributed by atoms with Crippen LogP contribution in [-0.2, 0) is 4.79 Å². The number of carbonyl (C=O) groups is 1. The molecule has 98 valence electrons. The first-order chi connectivity index (χ1) is 8.29. The smallest absolute Gasteiger partial charge is 0.222 e. The predicted octanol–water partition coefficient (Wildman–Crippen LogP) is 2.19. The van der Waals surface area contributed by atoms with Gasteiger partial charge in [0.25, 0.3) is 0 Å². The maximum Gasteiger partial charge on any atom is 0.222 e. The molecule has 0 aromatic rings. The van der Waals surface area contributed by atoms with Crippen molar-refractivity contribution in [2.45, 2.75) is 51.4 Å². The standard InChI is InChI=1S/C14H25NO2/c16-11-13-6-3-9-15(10-13)14(17)8-7-12-4-1-2-5-12/h12-13,16H,1-11H2/t13-/m1/s1. The van der Waals surface area contributed by atoms with Crippen LogP contribution in [0.2, 0.25) is 0 Å². The molecular formula is C14H25NO2. The zero-order valence-corrected chi connectivity index (χ0v) is 10.7. The Kier molecular flexibility index (Phi) is 4.84. The summed E-state index contributed by atoms with van der Waals surface area (Å²) in [5.74, 6) is 1.44. The fourth-order valence-corrected chi connectivity index (χ4v) is 3.23. The third-order valence-corrected chi connectivity index (χ3v) is 4.37. The molecule has 1 saturated heterocycles. The summed E-state index contributed by atoms with van der Waals surface area (Å²) in [6, 6.07) is 0. The van der Waals surface area contributed by atoms with Crippen LogP contribution in [0, 0.1) is 11.8 Å². The van der Waals surface area contributed by atoms with Crippen LogP contribution in [0.3, 0.4) is 0 Å². The highest BCUT2D eigenvalue weighted by molar-refractivity contribution is 5.76. The number of hydrogen-bond donors (Lipinski definition) is 1. The SMILES string of the molecule is O=C(CCC1CCCC1)N1CCC[C@@H](CO)C1. The second kappa shape index (κ2) is 6.39. The van der Waals surface area contributed by atoms with Crippen LogP contribution in [0.5, 0.6) is 0 Å². The van der Waals surface area contributed by atoms with Crippen LogP contribution < -0.4 is 0 Å². The molecule has 0 unspecified atom stereocenters. The second-order valence-electron chi connectivity index (χ2n) is 5.72. The van der Waals surface area contributed by atoms with E-state index in [1.165, 1.54) is 25.7 Å². The number of likely N-dealkylation sites (tertiary alicyclic amines) is 1. The van der Waals surface area contributed by atoms with E-state index < -0.39 is 0 Å². The van der Waals surface area contributed by atoms with Gasteiger partial charge in [-0.1, -0.05) is 25.7 Å². The van der Waals surface area contributed by atoms with Crippen molar-refractivity contribution in [3.05, 3.63) is 0 Å². The first-order valence-corrected chi connectivity index (χ1v) is 7.18. The van der Waals surface area contributed by atoms with Crippen LogP contribution in [-0.4, -0.2) is 35.6 Å². The highest BCUT2D eigenvalue weighted by atomic mass is 16.3. The number of rotatable bonds is 4. The number of nitrogens with zero attached hydrogens (tertiary/aromatic N) is 1. The minimum Gasteiger partial charge on any atom is -0.396 e. The molecule has 1 aliphatic carbocycles. The van der Waals surface area contributed by atoms with Gasteiger partial charge in [0.1, 0.15) is 0 Å². The van der Waals surface area contributed by atoms with Crippen LogP contribution >= 0.6 is 0 Å². The minimum absolute atomic E-state index is 0.229. The second-order valence-corrected chi connectivity index (χ2v) is 5.72. The third-order valence-electron chi connectivity index (χ3n) is 4.37. The molecule has 0 bridgehead atoms. The van der Waals surface area contributed by atoms with E-state index in [4.69, 9.17) is 5.11 Å². The highest BCUT2D eigenvalue weighted by Crippen LogP contribution is 2.29. The van der Waals surface area contributed by atoms with Gasteiger partial charge >= 0.3 is 0 Å². The average molecular weight is 239 g/mol. The van der Waals surface area contributed by atoms with Gasteiger partial charge in [-0.15, -0.1) is 0 Å². The Morgan fingerprint density at radius 2 is 1.82 bits per heavy atom. The predicted molar refractivity (Wildman–Crippen MR) is 67.6 cm³/mol. The molecule has 1 aliphatic heterocycles. The molecule has 2 fully saturated rings.